The van der Waals surface area contributed by atoms with Gasteiger partial charge in [-0.2, -0.15) is 39.5 Å². The second-order valence-electron chi connectivity index (χ2n) is 3.56. The molecule has 21 heavy (non-hydrogen) atoms. The van der Waals surface area contributed by atoms with Crippen molar-refractivity contribution in [3.05, 3.63) is 12.7 Å². The predicted molar refractivity (Wildman–Crippen MR) is 47.8 cm³/mol. The number of alkyl halides is 9. The lowest BCUT2D eigenvalue weighted by Gasteiger charge is -2.29. The number of rotatable bonds is 7. The molecule has 0 spiro atoms. The molecule has 0 bridgehead atoms. The van der Waals surface area contributed by atoms with Crippen molar-refractivity contribution in [3.8, 4) is 0 Å². The van der Waals surface area contributed by atoms with Crippen molar-refractivity contribution < 1.29 is 53.8 Å². The van der Waals surface area contributed by atoms with E-state index in [4.69, 9.17) is 0 Å². The maximum absolute atomic E-state index is 12.9. The maximum atomic E-state index is 12.9. The zero-order valence-electron chi connectivity index (χ0n) is 9.83. The summed E-state index contributed by atoms with van der Waals surface area (Å²) in [4.78, 5) is 10.4. The Labute approximate surface area is 111 Å². The summed E-state index contributed by atoms with van der Waals surface area (Å²) in [6, 6.07) is 0. The molecule has 0 aliphatic heterocycles. The highest BCUT2D eigenvalue weighted by Crippen LogP contribution is 2.43. The molecule has 0 N–H and O–H groups in total. The van der Waals surface area contributed by atoms with Crippen LogP contribution in [-0.4, -0.2) is 36.9 Å². The fourth-order valence-electron chi connectivity index (χ4n) is 0.836. The third kappa shape index (κ3) is 6.69. The minimum atomic E-state index is -6.01. The molecular formula is C9H7F9O3. The number of hydrogen-bond donors (Lipinski definition) is 0. The smallest absolute Gasteiger partial charge is 0.427 e. The predicted octanol–water partition coefficient (Wildman–Crippen LogP) is 3.51. The van der Waals surface area contributed by atoms with Gasteiger partial charge in [0.15, 0.2) is 6.61 Å². The fourth-order valence-corrected chi connectivity index (χ4v) is 0.836. The molecule has 0 radical (unpaired) electrons. The third-order valence-corrected chi connectivity index (χ3v) is 1.67. The van der Waals surface area contributed by atoms with Gasteiger partial charge in [0.05, 0.1) is 0 Å². The highest BCUT2D eigenvalue weighted by Gasteiger charge is 2.64. The number of halogens is 9. The van der Waals surface area contributed by atoms with Crippen molar-refractivity contribution in [3.63, 3.8) is 0 Å². The van der Waals surface area contributed by atoms with Crippen LogP contribution in [0.5, 0.6) is 0 Å². The van der Waals surface area contributed by atoms with E-state index in [9.17, 15) is 44.3 Å². The number of ether oxygens (including phenoxy) is 2. The van der Waals surface area contributed by atoms with E-state index in [0.29, 0.717) is 6.08 Å². The lowest BCUT2D eigenvalue weighted by Crippen LogP contribution is -2.50. The second-order valence-corrected chi connectivity index (χ2v) is 3.56. The third-order valence-electron chi connectivity index (χ3n) is 1.67. The van der Waals surface area contributed by atoms with Gasteiger partial charge in [0.2, 0.25) is 0 Å². The van der Waals surface area contributed by atoms with Crippen LogP contribution in [0.3, 0.4) is 0 Å². The van der Waals surface area contributed by atoms with Crippen molar-refractivity contribution in [2.75, 3.05) is 6.61 Å². The normalized spacial score (nSPS) is 14.0. The Morgan fingerprint density at radius 3 is 1.86 bits per heavy atom. The van der Waals surface area contributed by atoms with Crippen LogP contribution in [0.4, 0.5) is 39.5 Å². The van der Waals surface area contributed by atoms with Crippen LogP contribution >= 0.6 is 0 Å². The van der Waals surface area contributed by atoms with Crippen molar-refractivity contribution in [1.82, 2.24) is 0 Å². The van der Waals surface area contributed by atoms with Crippen LogP contribution in [0.1, 0.15) is 6.42 Å². The molecule has 0 aliphatic carbocycles. The first-order chi connectivity index (χ1) is 9.12. The summed E-state index contributed by atoms with van der Waals surface area (Å²) in [5.74, 6) is -7.06. The van der Waals surface area contributed by atoms with E-state index < -0.39 is 43.3 Å². The van der Waals surface area contributed by atoms with Gasteiger partial charge in [-0.05, 0) is 0 Å². The second kappa shape index (κ2) is 6.12. The van der Waals surface area contributed by atoms with Gasteiger partial charge in [-0.3, -0.25) is 4.74 Å². The van der Waals surface area contributed by atoms with Crippen molar-refractivity contribution in [2.45, 2.75) is 30.7 Å². The van der Waals surface area contributed by atoms with Crippen LogP contribution in [0.25, 0.3) is 0 Å². The summed E-state index contributed by atoms with van der Waals surface area (Å²) in [5, 5.41) is 0. The molecule has 3 nitrogen and oxygen atoms in total. The number of carbonyl (C=O) groups is 1. The minimum absolute atomic E-state index is 0.313. The summed E-state index contributed by atoms with van der Waals surface area (Å²) in [5.41, 5.74) is 0. The Morgan fingerprint density at radius 2 is 1.48 bits per heavy atom. The molecule has 0 saturated carbocycles. The molecule has 0 fully saturated rings. The van der Waals surface area contributed by atoms with E-state index in [2.05, 4.69) is 16.1 Å². The Kier molecular flexibility index (Phi) is 5.69. The number of esters is 1. The van der Waals surface area contributed by atoms with Gasteiger partial charge in [-0.25, -0.2) is 4.79 Å². The molecule has 0 aromatic rings. The van der Waals surface area contributed by atoms with Gasteiger partial charge in [-0.1, -0.05) is 6.58 Å². The molecule has 12 heteroatoms. The van der Waals surface area contributed by atoms with Crippen LogP contribution in [0.15, 0.2) is 12.7 Å². The molecule has 0 unspecified atom stereocenters. The standard InChI is InChI=1S/C9H7F9O3/c1-2-5(19)20-4-6(10,11)9(17,18)21-8(15,16)3-7(12,13)14/h2H,1,3-4H2. The lowest BCUT2D eigenvalue weighted by molar-refractivity contribution is -0.443. The Hall–Kier alpha value is -1.46. The van der Waals surface area contributed by atoms with Gasteiger partial charge in [-0.15, -0.1) is 0 Å². The highest BCUT2D eigenvalue weighted by molar-refractivity contribution is 5.81. The van der Waals surface area contributed by atoms with E-state index in [1.807, 2.05) is 0 Å². The molecular weight excluding hydrogens is 327 g/mol. The molecule has 124 valence electrons. The molecule has 0 saturated heterocycles. The van der Waals surface area contributed by atoms with Crippen LogP contribution in [0, 0.1) is 0 Å². The quantitative estimate of drug-likeness (QED) is 0.406. The van der Waals surface area contributed by atoms with Crippen LogP contribution in [-0.2, 0) is 14.3 Å². The van der Waals surface area contributed by atoms with Crippen LogP contribution < -0.4 is 0 Å². The molecule has 0 aromatic heterocycles. The molecule has 0 heterocycles. The van der Waals surface area contributed by atoms with Gasteiger partial charge in [0.1, 0.15) is 6.42 Å². The summed E-state index contributed by atoms with van der Waals surface area (Å²) in [6.45, 7) is 0.344. The van der Waals surface area contributed by atoms with E-state index in [1.165, 1.54) is 0 Å². The van der Waals surface area contributed by atoms with E-state index in [1.54, 1.807) is 0 Å². The summed E-state index contributed by atoms with van der Waals surface area (Å²) >= 11 is 0. The SMILES string of the molecule is C=CC(=O)OCC(F)(F)C(F)(F)OC(F)(F)CC(F)(F)F. The Balaban J connectivity index is 4.93. The van der Waals surface area contributed by atoms with Crippen molar-refractivity contribution >= 4 is 5.97 Å². The number of carbonyl (C=O) groups excluding carboxylic acids is 1. The first-order valence-electron chi connectivity index (χ1n) is 4.81. The molecule has 0 amide bonds. The molecule has 0 aliphatic rings. The lowest BCUT2D eigenvalue weighted by atomic mass is 10.3. The van der Waals surface area contributed by atoms with Gasteiger partial charge >= 0.3 is 30.3 Å². The summed E-state index contributed by atoms with van der Waals surface area (Å²) < 4.78 is 117. The van der Waals surface area contributed by atoms with E-state index >= 15 is 0 Å². The van der Waals surface area contributed by atoms with Gasteiger partial charge in [0, 0.05) is 6.08 Å². The Morgan fingerprint density at radius 1 is 1.00 bits per heavy atom. The topological polar surface area (TPSA) is 35.5 Å². The zero-order chi connectivity index (χ0) is 17.1. The molecule has 0 atom stereocenters. The monoisotopic (exact) mass is 334 g/mol. The average molecular weight is 334 g/mol. The van der Waals surface area contributed by atoms with Crippen LogP contribution in [0.2, 0.25) is 0 Å². The minimum Gasteiger partial charge on any atom is -0.456 e. The first kappa shape index (κ1) is 19.5. The van der Waals surface area contributed by atoms with E-state index in [-0.39, 0.29) is 0 Å². The molecule has 0 aromatic carbocycles. The van der Waals surface area contributed by atoms with Crippen molar-refractivity contribution in [1.29, 1.82) is 0 Å². The van der Waals surface area contributed by atoms with Gasteiger partial charge in [0.25, 0.3) is 0 Å². The maximum Gasteiger partial charge on any atom is 0.427 e. The van der Waals surface area contributed by atoms with Gasteiger partial charge < -0.3 is 4.74 Å². The first-order valence-corrected chi connectivity index (χ1v) is 4.81. The average Bonchev–Trinajstić information content (AvgIpc) is 2.20. The fraction of sp³-hybridized carbons (Fsp3) is 0.667. The van der Waals surface area contributed by atoms with Crippen molar-refractivity contribution in [2.24, 2.45) is 0 Å². The zero-order valence-corrected chi connectivity index (χ0v) is 9.83. The molecule has 0 rings (SSSR count). The largest absolute Gasteiger partial charge is 0.456 e. The summed E-state index contributed by atoms with van der Waals surface area (Å²) in [6.07, 6.45) is -20.1. The number of hydrogen-bond acceptors (Lipinski definition) is 3. The Bertz CT molecular complexity index is 388. The highest BCUT2D eigenvalue weighted by atomic mass is 19.4. The summed E-state index contributed by atoms with van der Waals surface area (Å²) in [7, 11) is 0. The van der Waals surface area contributed by atoms with E-state index in [0.717, 1.165) is 0 Å².